The second kappa shape index (κ2) is 5.55. The van der Waals surface area contributed by atoms with Crippen LogP contribution in [0.5, 0.6) is 0 Å². The molecule has 0 bridgehead atoms. The van der Waals surface area contributed by atoms with Crippen molar-refractivity contribution >= 4 is 23.3 Å². The lowest BCUT2D eigenvalue weighted by molar-refractivity contribution is -0.226. The molecule has 2 rings (SSSR count). The van der Waals surface area contributed by atoms with Gasteiger partial charge in [0.1, 0.15) is 0 Å². The molecule has 1 saturated heterocycles. The molecule has 1 unspecified atom stereocenters. The molecule has 0 radical (unpaired) electrons. The number of likely N-dealkylation sites (tertiary alicyclic amines) is 1. The first kappa shape index (κ1) is 15.6. The standard InChI is InChI=1S/C12H13F3N2O3S/c13-12(14,15)11(9(18)19)3-4-17(7-11)10(20)16-6-8-2-1-5-21-8/h1-2,5H,3-4,6-7H2,(H,16,20)(H,18,19). The molecule has 5 nitrogen and oxygen atoms in total. The van der Waals surface area contributed by atoms with Gasteiger partial charge in [-0.1, -0.05) is 6.07 Å². The van der Waals surface area contributed by atoms with Crippen molar-refractivity contribution in [2.24, 2.45) is 5.41 Å². The summed E-state index contributed by atoms with van der Waals surface area (Å²) in [4.78, 5) is 24.6. The van der Waals surface area contributed by atoms with Crippen molar-refractivity contribution in [3.8, 4) is 0 Å². The monoisotopic (exact) mass is 322 g/mol. The summed E-state index contributed by atoms with van der Waals surface area (Å²) in [6.45, 7) is -0.886. The first-order valence-corrected chi connectivity index (χ1v) is 6.99. The molecule has 1 fully saturated rings. The van der Waals surface area contributed by atoms with Crippen LogP contribution in [0.4, 0.5) is 18.0 Å². The highest BCUT2D eigenvalue weighted by atomic mass is 32.1. The predicted octanol–water partition coefficient (Wildman–Crippen LogP) is 2.30. The fourth-order valence-electron chi connectivity index (χ4n) is 2.20. The van der Waals surface area contributed by atoms with E-state index in [1.807, 2.05) is 5.38 Å². The zero-order chi connectivity index (χ0) is 15.7. The number of carboxylic acids is 1. The van der Waals surface area contributed by atoms with E-state index in [2.05, 4.69) is 5.32 Å². The van der Waals surface area contributed by atoms with Gasteiger partial charge in [-0.25, -0.2) is 4.79 Å². The van der Waals surface area contributed by atoms with E-state index >= 15 is 0 Å². The van der Waals surface area contributed by atoms with Crippen molar-refractivity contribution in [3.63, 3.8) is 0 Å². The summed E-state index contributed by atoms with van der Waals surface area (Å²) in [7, 11) is 0. The highest BCUT2D eigenvalue weighted by Gasteiger charge is 2.64. The van der Waals surface area contributed by atoms with Gasteiger partial charge in [0.05, 0.1) is 6.54 Å². The smallest absolute Gasteiger partial charge is 0.406 e. The Morgan fingerprint density at radius 3 is 2.67 bits per heavy atom. The summed E-state index contributed by atoms with van der Waals surface area (Å²) in [5.41, 5.74) is -2.87. The largest absolute Gasteiger partial charge is 0.481 e. The third-order valence-electron chi connectivity index (χ3n) is 3.50. The highest BCUT2D eigenvalue weighted by Crippen LogP contribution is 2.45. The van der Waals surface area contributed by atoms with Gasteiger partial charge in [-0.05, 0) is 17.9 Å². The molecule has 0 aromatic carbocycles. The fourth-order valence-corrected chi connectivity index (χ4v) is 2.84. The number of urea groups is 1. The minimum atomic E-state index is -4.89. The normalized spacial score (nSPS) is 22.3. The quantitative estimate of drug-likeness (QED) is 0.897. The van der Waals surface area contributed by atoms with Crippen molar-refractivity contribution in [1.82, 2.24) is 10.2 Å². The minimum absolute atomic E-state index is 0.207. The Balaban J connectivity index is 2.00. The zero-order valence-electron chi connectivity index (χ0n) is 10.8. The Morgan fingerprint density at radius 2 is 2.19 bits per heavy atom. The molecule has 2 N–H and O–H groups in total. The number of thiophene rings is 1. The van der Waals surface area contributed by atoms with E-state index in [0.29, 0.717) is 0 Å². The van der Waals surface area contributed by atoms with Crippen LogP contribution in [0.1, 0.15) is 11.3 Å². The average molecular weight is 322 g/mol. The topological polar surface area (TPSA) is 69.6 Å². The first-order chi connectivity index (χ1) is 9.76. The molecule has 2 amide bonds. The Morgan fingerprint density at radius 1 is 1.48 bits per heavy atom. The zero-order valence-corrected chi connectivity index (χ0v) is 11.6. The van der Waals surface area contributed by atoms with Gasteiger partial charge in [0, 0.05) is 18.0 Å². The highest BCUT2D eigenvalue weighted by molar-refractivity contribution is 7.09. The first-order valence-electron chi connectivity index (χ1n) is 6.11. The summed E-state index contributed by atoms with van der Waals surface area (Å²) < 4.78 is 38.9. The van der Waals surface area contributed by atoms with Crippen LogP contribution in [0.2, 0.25) is 0 Å². The van der Waals surface area contributed by atoms with Crippen LogP contribution in [0, 0.1) is 5.41 Å². The third-order valence-corrected chi connectivity index (χ3v) is 4.38. The van der Waals surface area contributed by atoms with Crippen LogP contribution in [0.25, 0.3) is 0 Å². The molecule has 9 heteroatoms. The molecule has 0 saturated carbocycles. The van der Waals surface area contributed by atoms with Gasteiger partial charge < -0.3 is 15.3 Å². The Labute approximate surface area is 122 Å². The van der Waals surface area contributed by atoms with Gasteiger partial charge in [0.15, 0.2) is 5.41 Å². The maximum Gasteiger partial charge on any atom is 0.406 e. The van der Waals surface area contributed by atoms with Gasteiger partial charge in [-0.3, -0.25) is 4.79 Å². The second-order valence-corrected chi connectivity index (χ2v) is 5.83. The second-order valence-electron chi connectivity index (χ2n) is 4.79. The number of rotatable bonds is 3. The molecule has 0 aliphatic carbocycles. The maximum atomic E-state index is 13.0. The lowest BCUT2D eigenvalue weighted by Crippen LogP contribution is -2.48. The number of carbonyl (C=O) groups is 2. The SMILES string of the molecule is O=C(NCc1cccs1)N1CCC(C(=O)O)(C(F)(F)F)C1. The van der Waals surface area contributed by atoms with Gasteiger partial charge in [-0.2, -0.15) is 13.2 Å². The molecule has 1 aliphatic heterocycles. The summed E-state index contributed by atoms with van der Waals surface area (Å²) in [5.74, 6) is -1.94. The summed E-state index contributed by atoms with van der Waals surface area (Å²) >= 11 is 1.41. The predicted molar refractivity (Wildman–Crippen MR) is 68.9 cm³/mol. The number of amides is 2. The summed E-state index contributed by atoms with van der Waals surface area (Å²) in [5, 5.41) is 13.2. The van der Waals surface area contributed by atoms with Gasteiger partial charge >= 0.3 is 18.2 Å². The third kappa shape index (κ3) is 2.97. The number of aliphatic carboxylic acids is 1. The molecule has 1 atom stereocenters. The number of carboxylic acid groups (broad SMARTS) is 1. The molecule has 1 aliphatic rings. The van der Waals surface area contributed by atoms with Crippen molar-refractivity contribution in [1.29, 1.82) is 0 Å². The number of halogens is 3. The number of alkyl halides is 3. The van der Waals surface area contributed by atoms with E-state index in [4.69, 9.17) is 5.11 Å². The van der Waals surface area contributed by atoms with Gasteiger partial charge in [0.25, 0.3) is 0 Å². The van der Waals surface area contributed by atoms with Crippen molar-refractivity contribution in [2.75, 3.05) is 13.1 Å². The minimum Gasteiger partial charge on any atom is -0.481 e. The molecule has 21 heavy (non-hydrogen) atoms. The number of carbonyl (C=O) groups excluding carboxylic acids is 1. The molecule has 116 valence electrons. The van der Waals surface area contributed by atoms with E-state index in [0.717, 1.165) is 9.78 Å². The number of hydrogen-bond acceptors (Lipinski definition) is 3. The molecular formula is C12H13F3N2O3S. The lowest BCUT2D eigenvalue weighted by atomic mass is 9.86. The molecule has 0 spiro atoms. The maximum absolute atomic E-state index is 13.0. The Bertz CT molecular complexity index is 532. The summed E-state index contributed by atoms with van der Waals surface area (Å²) in [6, 6.07) is 2.89. The van der Waals surface area contributed by atoms with E-state index < -0.39 is 36.6 Å². The van der Waals surface area contributed by atoms with Gasteiger partial charge in [-0.15, -0.1) is 11.3 Å². The van der Waals surface area contributed by atoms with Crippen LogP contribution in [0.3, 0.4) is 0 Å². The summed E-state index contributed by atoms with van der Waals surface area (Å²) in [6.07, 6.45) is -5.51. The van der Waals surface area contributed by atoms with Crippen LogP contribution < -0.4 is 5.32 Å². The van der Waals surface area contributed by atoms with E-state index in [1.165, 1.54) is 11.3 Å². The van der Waals surface area contributed by atoms with E-state index in [-0.39, 0.29) is 13.1 Å². The van der Waals surface area contributed by atoms with E-state index in [1.54, 1.807) is 12.1 Å². The molecular weight excluding hydrogens is 309 g/mol. The molecule has 1 aromatic heterocycles. The Hall–Kier alpha value is -1.77. The number of hydrogen-bond donors (Lipinski definition) is 2. The van der Waals surface area contributed by atoms with Crippen molar-refractivity contribution in [3.05, 3.63) is 22.4 Å². The molecule has 1 aromatic rings. The van der Waals surface area contributed by atoms with Gasteiger partial charge in [0.2, 0.25) is 0 Å². The van der Waals surface area contributed by atoms with Crippen LogP contribution in [-0.2, 0) is 11.3 Å². The lowest BCUT2D eigenvalue weighted by Gasteiger charge is -2.27. The fraction of sp³-hybridized carbons (Fsp3) is 0.500. The molecule has 2 heterocycles. The van der Waals surface area contributed by atoms with Crippen LogP contribution >= 0.6 is 11.3 Å². The van der Waals surface area contributed by atoms with Crippen molar-refractivity contribution in [2.45, 2.75) is 19.1 Å². The number of nitrogens with one attached hydrogen (secondary N) is 1. The van der Waals surface area contributed by atoms with Crippen molar-refractivity contribution < 1.29 is 27.9 Å². The average Bonchev–Trinajstić information content (AvgIpc) is 3.04. The number of nitrogens with zero attached hydrogens (tertiary/aromatic N) is 1. The van der Waals surface area contributed by atoms with E-state index in [9.17, 15) is 22.8 Å². The Kier molecular flexibility index (Phi) is 4.13. The van der Waals surface area contributed by atoms with Crippen LogP contribution in [0.15, 0.2) is 17.5 Å². The van der Waals surface area contributed by atoms with Crippen LogP contribution in [-0.4, -0.2) is 41.3 Å².